The number of alkyl halides is 1. The third-order valence-electron chi connectivity index (χ3n) is 2.87. The molecule has 0 heterocycles. The summed E-state index contributed by atoms with van der Waals surface area (Å²) in [5, 5.41) is 1.06. The zero-order chi connectivity index (χ0) is 10.3. The van der Waals surface area contributed by atoms with Crippen LogP contribution in [-0.4, -0.2) is 18.5 Å². The van der Waals surface area contributed by atoms with Gasteiger partial charge in [0.2, 0.25) is 0 Å². The highest BCUT2D eigenvalue weighted by Crippen LogP contribution is 2.32. The molecule has 1 atom stereocenters. The largest absolute Gasteiger partial charge is 0.381 e. The Morgan fingerprint density at radius 3 is 2.31 bits per heavy atom. The van der Waals surface area contributed by atoms with Crippen LogP contribution in [0.3, 0.4) is 0 Å². The molecule has 0 saturated carbocycles. The SMILES string of the molecule is CCCOCCC(C)(CBr)C(C)C. The first-order valence-electron chi connectivity index (χ1n) is 5.20. The van der Waals surface area contributed by atoms with Crippen LogP contribution >= 0.6 is 15.9 Å². The lowest BCUT2D eigenvalue weighted by atomic mass is 9.78. The van der Waals surface area contributed by atoms with Crippen LogP contribution < -0.4 is 0 Å². The number of ether oxygens (including phenoxy) is 1. The van der Waals surface area contributed by atoms with Gasteiger partial charge in [0, 0.05) is 18.5 Å². The highest BCUT2D eigenvalue weighted by atomic mass is 79.9. The van der Waals surface area contributed by atoms with Crippen molar-refractivity contribution >= 4 is 15.9 Å². The Kier molecular flexibility index (Phi) is 7.06. The summed E-state index contributed by atoms with van der Waals surface area (Å²) in [6.07, 6.45) is 2.27. The number of hydrogen-bond acceptors (Lipinski definition) is 1. The van der Waals surface area contributed by atoms with Gasteiger partial charge < -0.3 is 4.74 Å². The monoisotopic (exact) mass is 250 g/mol. The summed E-state index contributed by atoms with van der Waals surface area (Å²) in [5.74, 6) is 0.706. The summed E-state index contributed by atoms with van der Waals surface area (Å²) in [6, 6.07) is 0. The maximum Gasteiger partial charge on any atom is 0.0471 e. The van der Waals surface area contributed by atoms with Gasteiger partial charge in [-0.3, -0.25) is 0 Å². The molecular formula is C11H23BrO. The molecule has 0 bridgehead atoms. The van der Waals surface area contributed by atoms with Crippen LogP contribution in [0.5, 0.6) is 0 Å². The van der Waals surface area contributed by atoms with E-state index >= 15 is 0 Å². The zero-order valence-electron chi connectivity index (χ0n) is 9.40. The van der Waals surface area contributed by atoms with E-state index in [4.69, 9.17) is 4.74 Å². The van der Waals surface area contributed by atoms with Crippen molar-refractivity contribution in [1.82, 2.24) is 0 Å². The van der Waals surface area contributed by atoms with Crippen molar-refractivity contribution in [2.45, 2.75) is 40.5 Å². The fourth-order valence-corrected chi connectivity index (χ4v) is 1.99. The first-order chi connectivity index (χ1) is 6.06. The van der Waals surface area contributed by atoms with Crippen molar-refractivity contribution in [3.63, 3.8) is 0 Å². The topological polar surface area (TPSA) is 9.23 Å². The second-order valence-electron chi connectivity index (χ2n) is 4.30. The van der Waals surface area contributed by atoms with Gasteiger partial charge in [-0.05, 0) is 24.2 Å². The second-order valence-corrected chi connectivity index (χ2v) is 4.87. The molecule has 1 unspecified atom stereocenters. The van der Waals surface area contributed by atoms with E-state index in [0.717, 1.165) is 31.4 Å². The maximum atomic E-state index is 5.51. The van der Waals surface area contributed by atoms with Gasteiger partial charge in [0.05, 0.1) is 0 Å². The van der Waals surface area contributed by atoms with E-state index in [2.05, 4.69) is 43.6 Å². The Hall–Kier alpha value is 0.440. The van der Waals surface area contributed by atoms with Gasteiger partial charge >= 0.3 is 0 Å². The van der Waals surface area contributed by atoms with Crippen LogP contribution in [0.2, 0.25) is 0 Å². The lowest BCUT2D eigenvalue weighted by molar-refractivity contribution is 0.0908. The molecule has 13 heavy (non-hydrogen) atoms. The molecule has 0 aliphatic rings. The van der Waals surface area contributed by atoms with Gasteiger partial charge in [-0.2, -0.15) is 0 Å². The lowest BCUT2D eigenvalue weighted by Gasteiger charge is -2.31. The standard InChI is InChI=1S/C11H23BrO/c1-5-7-13-8-6-11(4,9-12)10(2)3/h10H,5-9H2,1-4H3. The van der Waals surface area contributed by atoms with Gasteiger partial charge in [-0.1, -0.05) is 43.6 Å². The summed E-state index contributed by atoms with van der Waals surface area (Å²) >= 11 is 3.59. The molecule has 0 aliphatic carbocycles. The summed E-state index contributed by atoms with van der Waals surface area (Å²) in [4.78, 5) is 0. The zero-order valence-corrected chi connectivity index (χ0v) is 11.0. The van der Waals surface area contributed by atoms with Crippen LogP contribution in [0.4, 0.5) is 0 Å². The average molecular weight is 251 g/mol. The number of rotatable bonds is 7. The third-order valence-corrected chi connectivity index (χ3v) is 4.15. The Morgan fingerprint density at radius 1 is 1.31 bits per heavy atom. The highest BCUT2D eigenvalue weighted by molar-refractivity contribution is 9.09. The Balaban J connectivity index is 3.71. The summed E-state index contributed by atoms with van der Waals surface area (Å²) in [5.41, 5.74) is 0.383. The predicted molar refractivity (Wildman–Crippen MR) is 62.5 cm³/mol. The molecule has 0 aromatic carbocycles. The molecule has 80 valence electrons. The quantitative estimate of drug-likeness (QED) is 0.493. The van der Waals surface area contributed by atoms with Crippen molar-refractivity contribution in [2.24, 2.45) is 11.3 Å². The van der Waals surface area contributed by atoms with Gasteiger partial charge in [-0.25, -0.2) is 0 Å². The molecule has 0 amide bonds. The van der Waals surface area contributed by atoms with E-state index < -0.39 is 0 Å². The van der Waals surface area contributed by atoms with Crippen LogP contribution in [0, 0.1) is 11.3 Å². The fourth-order valence-electron chi connectivity index (χ4n) is 1.06. The molecule has 2 heteroatoms. The molecule has 0 N–H and O–H groups in total. The number of hydrogen-bond donors (Lipinski definition) is 0. The Labute approximate surface area is 91.4 Å². The van der Waals surface area contributed by atoms with Crippen molar-refractivity contribution in [1.29, 1.82) is 0 Å². The highest BCUT2D eigenvalue weighted by Gasteiger charge is 2.26. The minimum atomic E-state index is 0.383. The van der Waals surface area contributed by atoms with Crippen molar-refractivity contribution in [2.75, 3.05) is 18.5 Å². The fraction of sp³-hybridized carbons (Fsp3) is 1.00. The molecule has 0 aliphatic heterocycles. The molecule has 0 aromatic heterocycles. The van der Waals surface area contributed by atoms with Crippen LogP contribution in [-0.2, 0) is 4.74 Å². The van der Waals surface area contributed by atoms with Crippen LogP contribution in [0.1, 0.15) is 40.5 Å². The van der Waals surface area contributed by atoms with Gasteiger partial charge in [-0.15, -0.1) is 0 Å². The van der Waals surface area contributed by atoms with E-state index in [1.807, 2.05) is 0 Å². The van der Waals surface area contributed by atoms with E-state index in [0.29, 0.717) is 11.3 Å². The number of halogens is 1. The third kappa shape index (κ3) is 5.02. The predicted octanol–water partition coefficient (Wildman–Crippen LogP) is 3.86. The molecule has 0 radical (unpaired) electrons. The summed E-state index contributed by atoms with van der Waals surface area (Å²) in [7, 11) is 0. The van der Waals surface area contributed by atoms with E-state index in [1.54, 1.807) is 0 Å². The van der Waals surface area contributed by atoms with E-state index in [9.17, 15) is 0 Å². The first-order valence-corrected chi connectivity index (χ1v) is 6.32. The maximum absolute atomic E-state index is 5.51. The summed E-state index contributed by atoms with van der Waals surface area (Å²) in [6.45, 7) is 10.8. The van der Waals surface area contributed by atoms with Crippen molar-refractivity contribution in [3.8, 4) is 0 Å². The normalized spacial score (nSPS) is 16.2. The minimum absolute atomic E-state index is 0.383. The van der Waals surface area contributed by atoms with Crippen molar-refractivity contribution in [3.05, 3.63) is 0 Å². The first kappa shape index (κ1) is 13.4. The molecule has 0 spiro atoms. The second kappa shape index (κ2) is 6.83. The lowest BCUT2D eigenvalue weighted by Crippen LogP contribution is -2.27. The average Bonchev–Trinajstić information content (AvgIpc) is 2.12. The molecule has 0 saturated heterocycles. The minimum Gasteiger partial charge on any atom is -0.381 e. The van der Waals surface area contributed by atoms with Crippen LogP contribution in [0.15, 0.2) is 0 Å². The molecule has 0 fully saturated rings. The molecule has 1 nitrogen and oxygen atoms in total. The van der Waals surface area contributed by atoms with E-state index in [1.165, 1.54) is 0 Å². The smallest absolute Gasteiger partial charge is 0.0471 e. The van der Waals surface area contributed by atoms with Gasteiger partial charge in [0.1, 0.15) is 0 Å². The molecular weight excluding hydrogens is 228 g/mol. The van der Waals surface area contributed by atoms with Gasteiger partial charge in [0.15, 0.2) is 0 Å². The molecule has 0 rings (SSSR count). The van der Waals surface area contributed by atoms with E-state index in [-0.39, 0.29) is 0 Å². The van der Waals surface area contributed by atoms with Crippen molar-refractivity contribution < 1.29 is 4.74 Å². The Morgan fingerprint density at radius 2 is 1.92 bits per heavy atom. The summed E-state index contributed by atoms with van der Waals surface area (Å²) < 4.78 is 5.51. The van der Waals surface area contributed by atoms with Gasteiger partial charge in [0.25, 0.3) is 0 Å². The molecule has 0 aromatic rings. The Bertz CT molecular complexity index is 125. The van der Waals surface area contributed by atoms with Crippen LogP contribution in [0.25, 0.3) is 0 Å².